The Hall–Kier alpha value is -2.29. The van der Waals surface area contributed by atoms with Crippen molar-refractivity contribution in [2.75, 3.05) is 5.32 Å². The second-order valence-corrected chi connectivity index (χ2v) is 5.64. The summed E-state index contributed by atoms with van der Waals surface area (Å²) in [5.41, 5.74) is 4.07. The largest absolute Gasteiger partial charge is 0.480 e. The highest BCUT2D eigenvalue weighted by Crippen LogP contribution is 2.22. The molecule has 0 saturated heterocycles. The molecule has 0 aliphatic rings. The first-order valence-corrected chi connectivity index (χ1v) is 7.61. The van der Waals surface area contributed by atoms with Crippen molar-refractivity contribution in [1.29, 1.82) is 0 Å². The minimum absolute atomic E-state index is 0.117. The lowest BCUT2D eigenvalue weighted by molar-refractivity contribution is -0.122. The minimum Gasteiger partial charge on any atom is -0.480 e. The summed E-state index contributed by atoms with van der Waals surface area (Å²) in [6.07, 6.45) is 0.117. The molecule has 0 spiro atoms. The van der Waals surface area contributed by atoms with Gasteiger partial charge in [0.15, 0.2) is 6.10 Å². The van der Waals surface area contributed by atoms with Gasteiger partial charge in [-0.1, -0.05) is 31.2 Å². The average molecular weight is 297 g/mol. The minimum atomic E-state index is -0.499. The number of carbonyl (C=O) groups is 1. The molecule has 1 amide bonds. The highest BCUT2D eigenvalue weighted by molar-refractivity contribution is 5.94. The van der Waals surface area contributed by atoms with Gasteiger partial charge in [0.1, 0.15) is 5.75 Å². The standard InChI is InChI=1S/C19H23NO2/c1-5-17(22-18-12-14(3)9-10-15(18)4)19(21)20-16-8-6-7-13(2)11-16/h6-12,17H,5H2,1-4H3,(H,20,21). The number of hydrogen-bond donors (Lipinski definition) is 1. The van der Waals surface area contributed by atoms with E-state index in [0.29, 0.717) is 6.42 Å². The van der Waals surface area contributed by atoms with Crippen molar-refractivity contribution < 1.29 is 9.53 Å². The van der Waals surface area contributed by atoms with Crippen LogP contribution >= 0.6 is 0 Å². The fourth-order valence-electron chi connectivity index (χ4n) is 2.26. The lowest BCUT2D eigenvalue weighted by atomic mass is 10.1. The van der Waals surface area contributed by atoms with Gasteiger partial charge in [0, 0.05) is 5.69 Å². The van der Waals surface area contributed by atoms with Gasteiger partial charge in [0.2, 0.25) is 0 Å². The van der Waals surface area contributed by atoms with E-state index in [2.05, 4.69) is 5.32 Å². The van der Waals surface area contributed by atoms with Crippen LogP contribution < -0.4 is 10.1 Å². The Balaban J connectivity index is 2.10. The first-order valence-electron chi connectivity index (χ1n) is 7.61. The molecule has 3 heteroatoms. The molecule has 2 aromatic rings. The van der Waals surface area contributed by atoms with E-state index in [9.17, 15) is 4.79 Å². The van der Waals surface area contributed by atoms with Crippen molar-refractivity contribution in [3.05, 3.63) is 59.2 Å². The van der Waals surface area contributed by atoms with E-state index in [1.54, 1.807) is 0 Å². The fraction of sp³-hybridized carbons (Fsp3) is 0.316. The van der Waals surface area contributed by atoms with Crippen LogP contribution in [-0.4, -0.2) is 12.0 Å². The monoisotopic (exact) mass is 297 g/mol. The van der Waals surface area contributed by atoms with Crippen molar-refractivity contribution >= 4 is 11.6 Å². The molecular formula is C19H23NO2. The van der Waals surface area contributed by atoms with Crippen molar-refractivity contribution in [3.63, 3.8) is 0 Å². The number of ether oxygens (including phenoxy) is 1. The molecule has 116 valence electrons. The smallest absolute Gasteiger partial charge is 0.265 e. The second kappa shape index (κ2) is 7.12. The SMILES string of the molecule is CCC(Oc1cc(C)ccc1C)C(=O)Nc1cccc(C)c1. The van der Waals surface area contributed by atoms with Crippen LogP contribution in [0.25, 0.3) is 0 Å². The maximum atomic E-state index is 12.4. The molecule has 0 heterocycles. The molecule has 0 aliphatic carbocycles. The van der Waals surface area contributed by atoms with Crippen molar-refractivity contribution in [2.24, 2.45) is 0 Å². The van der Waals surface area contributed by atoms with Gasteiger partial charge in [0.25, 0.3) is 5.91 Å². The van der Waals surface area contributed by atoms with Gasteiger partial charge in [-0.25, -0.2) is 0 Å². The molecule has 2 rings (SSSR count). The normalized spacial score (nSPS) is 11.8. The number of amides is 1. The van der Waals surface area contributed by atoms with Crippen molar-refractivity contribution in [2.45, 2.75) is 40.2 Å². The van der Waals surface area contributed by atoms with Crippen LogP contribution in [0.5, 0.6) is 5.75 Å². The molecule has 1 unspecified atom stereocenters. The summed E-state index contributed by atoms with van der Waals surface area (Å²) in [4.78, 5) is 12.4. The highest BCUT2D eigenvalue weighted by atomic mass is 16.5. The van der Waals surface area contributed by atoms with Gasteiger partial charge in [0.05, 0.1) is 0 Å². The van der Waals surface area contributed by atoms with E-state index in [-0.39, 0.29) is 5.91 Å². The number of carbonyl (C=O) groups excluding carboxylic acids is 1. The third kappa shape index (κ3) is 4.10. The van der Waals surface area contributed by atoms with Crippen molar-refractivity contribution in [3.8, 4) is 5.75 Å². The molecule has 0 fully saturated rings. The van der Waals surface area contributed by atoms with E-state index in [0.717, 1.165) is 28.1 Å². The van der Waals surface area contributed by atoms with Gasteiger partial charge in [-0.2, -0.15) is 0 Å². The molecule has 1 atom stereocenters. The number of rotatable bonds is 5. The Kier molecular flexibility index (Phi) is 5.21. The van der Waals surface area contributed by atoms with Gasteiger partial charge in [-0.05, 0) is 62.1 Å². The van der Waals surface area contributed by atoms with Gasteiger partial charge >= 0.3 is 0 Å². The van der Waals surface area contributed by atoms with Gasteiger partial charge < -0.3 is 10.1 Å². The highest BCUT2D eigenvalue weighted by Gasteiger charge is 2.19. The molecule has 0 saturated carbocycles. The summed E-state index contributed by atoms with van der Waals surface area (Å²) < 4.78 is 5.93. The number of nitrogens with one attached hydrogen (secondary N) is 1. The molecule has 0 bridgehead atoms. The average Bonchev–Trinajstić information content (AvgIpc) is 2.48. The molecule has 1 N–H and O–H groups in total. The summed E-state index contributed by atoms with van der Waals surface area (Å²) in [6.45, 7) is 7.95. The lowest BCUT2D eigenvalue weighted by Crippen LogP contribution is -2.32. The second-order valence-electron chi connectivity index (χ2n) is 5.64. The summed E-state index contributed by atoms with van der Waals surface area (Å²) in [6, 6.07) is 13.8. The van der Waals surface area contributed by atoms with Crippen LogP contribution in [0.15, 0.2) is 42.5 Å². The predicted molar refractivity (Wildman–Crippen MR) is 90.4 cm³/mol. The maximum Gasteiger partial charge on any atom is 0.265 e. The Morgan fingerprint density at radius 3 is 2.50 bits per heavy atom. The van der Waals surface area contributed by atoms with Gasteiger partial charge in [-0.3, -0.25) is 4.79 Å². The fourth-order valence-corrected chi connectivity index (χ4v) is 2.26. The van der Waals surface area contributed by atoms with E-state index in [1.807, 2.05) is 70.2 Å². The summed E-state index contributed by atoms with van der Waals surface area (Å²) in [5.74, 6) is 0.653. The Bertz CT molecular complexity index is 664. The molecule has 0 aliphatic heterocycles. The van der Waals surface area contributed by atoms with Crippen LogP contribution in [-0.2, 0) is 4.79 Å². The molecule has 2 aromatic carbocycles. The van der Waals surface area contributed by atoms with E-state index in [1.165, 1.54) is 0 Å². The number of anilines is 1. The predicted octanol–water partition coefficient (Wildman–Crippen LogP) is 4.41. The summed E-state index contributed by atoms with van der Waals surface area (Å²) in [5, 5.41) is 2.92. The van der Waals surface area contributed by atoms with E-state index >= 15 is 0 Å². The first kappa shape index (κ1) is 16.1. The van der Waals surface area contributed by atoms with E-state index < -0.39 is 6.10 Å². The van der Waals surface area contributed by atoms with Crippen molar-refractivity contribution in [1.82, 2.24) is 0 Å². The first-order chi connectivity index (χ1) is 10.5. The van der Waals surface area contributed by atoms with Crippen LogP contribution in [0.4, 0.5) is 5.69 Å². The summed E-state index contributed by atoms with van der Waals surface area (Å²) >= 11 is 0. The maximum absolute atomic E-state index is 12.4. The molecule has 0 aromatic heterocycles. The zero-order chi connectivity index (χ0) is 16.1. The Morgan fingerprint density at radius 1 is 1.09 bits per heavy atom. The third-order valence-corrected chi connectivity index (χ3v) is 3.56. The van der Waals surface area contributed by atoms with Crippen LogP contribution in [0.1, 0.15) is 30.0 Å². The number of hydrogen-bond acceptors (Lipinski definition) is 2. The zero-order valence-electron chi connectivity index (χ0n) is 13.6. The molecule has 3 nitrogen and oxygen atoms in total. The molecule has 22 heavy (non-hydrogen) atoms. The van der Waals surface area contributed by atoms with E-state index in [4.69, 9.17) is 4.74 Å². The lowest BCUT2D eigenvalue weighted by Gasteiger charge is -2.19. The topological polar surface area (TPSA) is 38.3 Å². The number of aryl methyl sites for hydroxylation is 3. The van der Waals surface area contributed by atoms with Crippen LogP contribution in [0, 0.1) is 20.8 Å². The summed E-state index contributed by atoms with van der Waals surface area (Å²) in [7, 11) is 0. The van der Waals surface area contributed by atoms with Crippen LogP contribution in [0.2, 0.25) is 0 Å². The van der Waals surface area contributed by atoms with Gasteiger partial charge in [-0.15, -0.1) is 0 Å². The molecular weight excluding hydrogens is 274 g/mol. The van der Waals surface area contributed by atoms with Crippen LogP contribution in [0.3, 0.4) is 0 Å². The Morgan fingerprint density at radius 2 is 1.82 bits per heavy atom. The zero-order valence-corrected chi connectivity index (χ0v) is 13.6. The Labute approximate surface area is 132 Å². The third-order valence-electron chi connectivity index (χ3n) is 3.56. The number of benzene rings is 2. The molecule has 0 radical (unpaired) electrons. The quantitative estimate of drug-likeness (QED) is 0.888.